The molecule has 1 heterocycles. The number of nitrogens with one attached hydrogen (secondary N) is 2. The van der Waals surface area contributed by atoms with Crippen LogP contribution in [0.3, 0.4) is 0 Å². The molecule has 42 heavy (non-hydrogen) atoms. The van der Waals surface area contributed by atoms with Crippen LogP contribution < -0.4 is 39.6 Å². The van der Waals surface area contributed by atoms with Crippen molar-refractivity contribution in [1.82, 2.24) is 10.0 Å². The molecule has 1 saturated heterocycles. The van der Waals surface area contributed by atoms with E-state index < -0.39 is 15.9 Å². The average Bonchev–Trinajstić information content (AvgIpc) is 3.28. The maximum absolute atomic E-state index is 13.2. The Bertz CT molecular complexity index is 1780. The summed E-state index contributed by atoms with van der Waals surface area (Å²) in [5, 5.41) is 3.16. The summed E-state index contributed by atoms with van der Waals surface area (Å²) in [6, 6.07) is 26.8. The van der Waals surface area contributed by atoms with Crippen LogP contribution in [0, 0.1) is 12.7 Å². The molecule has 0 spiro atoms. The van der Waals surface area contributed by atoms with Crippen LogP contribution in [0.2, 0.25) is 0 Å². The Hall–Kier alpha value is -3.54. The minimum Gasteiger partial charge on any atom is -1.00 e. The first-order chi connectivity index (χ1) is 19.6. The zero-order chi connectivity index (χ0) is 29.0. The molecule has 2 amide bonds. The molecule has 0 atom stereocenters. The average molecular weight is 610 g/mol. The van der Waals surface area contributed by atoms with Gasteiger partial charge in [-0.3, -0.25) is 9.59 Å². The number of amides is 2. The monoisotopic (exact) mass is 609 g/mol. The molecule has 0 aromatic heterocycles. The van der Waals surface area contributed by atoms with Crippen LogP contribution in [0.4, 0.5) is 10.1 Å². The SMILES string of the molecule is Cc1ccc(S(=O)(=O)NC(=O)Cc2ccc(N=C3NC(=O)/C(=C\c4ccc(-c5ccc(F)cc5)cc4)S3)cc2)cc1.[H-].[Na+]. The molecule has 0 saturated carbocycles. The number of benzene rings is 4. The first-order valence-corrected chi connectivity index (χ1v) is 14.8. The number of hydrogen-bond donors (Lipinski definition) is 2. The van der Waals surface area contributed by atoms with Crippen LogP contribution in [0.25, 0.3) is 17.2 Å². The van der Waals surface area contributed by atoms with Crippen LogP contribution in [-0.2, 0) is 26.0 Å². The van der Waals surface area contributed by atoms with Crippen molar-refractivity contribution >= 4 is 50.5 Å². The summed E-state index contributed by atoms with van der Waals surface area (Å²) in [5.74, 6) is -1.20. The van der Waals surface area contributed by atoms with Gasteiger partial charge in [-0.15, -0.1) is 0 Å². The standard InChI is InChI=1S/C31H24FN3O4S2.Na.H/c1-20-2-16-27(17-3-20)41(38,39)35-29(36)19-22-6-14-26(15-7-22)33-31-34-30(37)28(40-31)18-21-4-8-23(9-5-21)24-10-12-25(32)13-11-24;;/h2-18H,19H2,1H3,(H,35,36)(H,33,34,37);;/q;+1;-1/b28-18+;;. The van der Waals surface area contributed by atoms with E-state index in [1.807, 2.05) is 31.2 Å². The summed E-state index contributed by atoms with van der Waals surface area (Å²) < 4.78 is 40.2. The summed E-state index contributed by atoms with van der Waals surface area (Å²) >= 11 is 1.21. The molecule has 4 aromatic carbocycles. The van der Waals surface area contributed by atoms with Gasteiger partial charge in [0.05, 0.1) is 21.9 Å². The van der Waals surface area contributed by atoms with Crippen LogP contribution in [0.15, 0.2) is 112 Å². The number of carbonyl (C=O) groups excluding carboxylic acids is 2. The second-order valence-electron chi connectivity index (χ2n) is 9.30. The first-order valence-electron chi connectivity index (χ1n) is 12.5. The molecule has 0 radical (unpaired) electrons. The number of nitrogens with zero attached hydrogens (tertiary/aromatic N) is 1. The molecule has 1 aliphatic heterocycles. The number of hydrogen-bond acceptors (Lipinski definition) is 6. The third kappa shape index (κ3) is 8.05. The summed E-state index contributed by atoms with van der Waals surface area (Å²) in [6.45, 7) is 1.84. The second-order valence-corrected chi connectivity index (χ2v) is 12.0. The Labute approximate surface area is 271 Å². The van der Waals surface area contributed by atoms with E-state index in [9.17, 15) is 22.4 Å². The van der Waals surface area contributed by atoms with Crippen molar-refractivity contribution < 1.29 is 53.4 Å². The topological polar surface area (TPSA) is 105 Å². The Morgan fingerprint density at radius 3 is 2.14 bits per heavy atom. The Kier molecular flexibility index (Phi) is 10.2. The van der Waals surface area contributed by atoms with Gasteiger partial charge >= 0.3 is 29.6 Å². The van der Waals surface area contributed by atoms with Gasteiger partial charge in [0.25, 0.3) is 15.9 Å². The maximum Gasteiger partial charge on any atom is 1.00 e. The smallest absolute Gasteiger partial charge is 1.00 e. The molecule has 1 fully saturated rings. The molecule has 4 aromatic rings. The number of amidine groups is 1. The van der Waals surface area contributed by atoms with Gasteiger partial charge in [-0.05, 0) is 83.4 Å². The molecule has 11 heteroatoms. The van der Waals surface area contributed by atoms with Gasteiger partial charge in [0.15, 0.2) is 5.17 Å². The number of aryl methyl sites for hydroxylation is 1. The van der Waals surface area contributed by atoms with Gasteiger partial charge in [-0.2, -0.15) is 0 Å². The molecule has 7 nitrogen and oxygen atoms in total. The molecule has 208 valence electrons. The van der Waals surface area contributed by atoms with E-state index >= 15 is 0 Å². The molecule has 1 aliphatic rings. The number of halogens is 1. The third-order valence-corrected chi connectivity index (χ3v) is 8.45. The molecule has 0 aliphatic carbocycles. The van der Waals surface area contributed by atoms with E-state index in [2.05, 4.69) is 15.0 Å². The van der Waals surface area contributed by atoms with E-state index in [0.717, 1.165) is 22.3 Å². The van der Waals surface area contributed by atoms with Crippen molar-refractivity contribution in [2.24, 2.45) is 4.99 Å². The fraction of sp³-hybridized carbons (Fsp3) is 0.0645. The largest absolute Gasteiger partial charge is 1.00 e. The van der Waals surface area contributed by atoms with Gasteiger partial charge in [-0.25, -0.2) is 22.5 Å². The van der Waals surface area contributed by atoms with Crippen LogP contribution in [0.1, 0.15) is 18.1 Å². The predicted octanol–water partition coefficient (Wildman–Crippen LogP) is 2.86. The van der Waals surface area contributed by atoms with E-state index in [1.54, 1.807) is 54.6 Å². The number of rotatable bonds is 7. The zero-order valence-electron chi connectivity index (χ0n) is 23.8. The van der Waals surface area contributed by atoms with Crippen molar-refractivity contribution in [3.8, 4) is 11.1 Å². The molecule has 2 N–H and O–H groups in total. The number of carbonyl (C=O) groups is 2. The van der Waals surface area contributed by atoms with Gasteiger partial charge < -0.3 is 6.74 Å². The first kappa shape index (κ1) is 31.4. The number of thioether (sulfide) groups is 1. The van der Waals surface area contributed by atoms with E-state index in [4.69, 9.17) is 0 Å². The van der Waals surface area contributed by atoms with E-state index in [1.165, 1.54) is 36.0 Å². The molecule has 0 bridgehead atoms. The van der Waals surface area contributed by atoms with Crippen LogP contribution in [0.5, 0.6) is 0 Å². The second kappa shape index (κ2) is 13.6. The van der Waals surface area contributed by atoms with Gasteiger partial charge in [0.2, 0.25) is 5.91 Å². The Morgan fingerprint density at radius 1 is 0.929 bits per heavy atom. The Balaban J connectivity index is 0.00000253. The summed E-state index contributed by atoms with van der Waals surface area (Å²) in [4.78, 5) is 29.8. The Morgan fingerprint density at radius 2 is 1.52 bits per heavy atom. The van der Waals surface area contributed by atoms with Crippen molar-refractivity contribution in [1.29, 1.82) is 0 Å². The van der Waals surface area contributed by atoms with Crippen molar-refractivity contribution in [3.63, 3.8) is 0 Å². The normalized spacial score (nSPS) is 14.9. The molecular formula is C31H25FN3NaO4S2. The van der Waals surface area contributed by atoms with Crippen molar-refractivity contribution in [2.75, 3.05) is 0 Å². The third-order valence-electron chi connectivity index (χ3n) is 6.15. The van der Waals surface area contributed by atoms with Crippen molar-refractivity contribution in [3.05, 3.63) is 124 Å². The fourth-order valence-corrected chi connectivity index (χ4v) is 5.83. The fourth-order valence-electron chi connectivity index (χ4n) is 4.00. The number of aliphatic imine (C=N–C) groups is 1. The summed E-state index contributed by atoms with van der Waals surface area (Å²) in [7, 11) is -3.95. The van der Waals surface area contributed by atoms with Crippen LogP contribution in [-0.4, -0.2) is 25.4 Å². The molecule has 5 rings (SSSR count). The zero-order valence-corrected chi connectivity index (χ0v) is 26.4. The van der Waals surface area contributed by atoms with Gasteiger partial charge in [-0.1, -0.05) is 66.2 Å². The quantitative estimate of drug-likeness (QED) is 0.248. The van der Waals surface area contributed by atoms with E-state index in [-0.39, 0.29) is 54.0 Å². The van der Waals surface area contributed by atoms with Crippen molar-refractivity contribution in [2.45, 2.75) is 18.2 Å². The minimum atomic E-state index is -3.95. The number of sulfonamides is 1. The van der Waals surface area contributed by atoms with Gasteiger partial charge in [0.1, 0.15) is 5.82 Å². The summed E-state index contributed by atoms with van der Waals surface area (Å²) in [5.41, 5.74) is 4.75. The van der Waals surface area contributed by atoms with Crippen LogP contribution >= 0.6 is 11.8 Å². The summed E-state index contributed by atoms with van der Waals surface area (Å²) in [6.07, 6.45) is 1.64. The van der Waals surface area contributed by atoms with E-state index in [0.29, 0.717) is 21.3 Å². The molecular weight excluding hydrogens is 584 g/mol. The predicted molar refractivity (Wildman–Crippen MR) is 160 cm³/mol. The minimum absolute atomic E-state index is 0. The van der Waals surface area contributed by atoms with Gasteiger partial charge in [0, 0.05) is 0 Å². The maximum atomic E-state index is 13.2. The molecule has 0 unspecified atom stereocenters.